The molecule has 3 rings (SSSR count). The van der Waals surface area contributed by atoms with Gasteiger partial charge >= 0.3 is 0 Å². The highest BCUT2D eigenvalue weighted by Gasteiger charge is 2.18. The zero-order chi connectivity index (χ0) is 16.4. The Labute approximate surface area is 143 Å². The quantitative estimate of drug-likeness (QED) is 0.655. The van der Waals surface area contributed by atoms with Crippen LogP contribution in [0.1, 0.15) is 9.75 Å². The number of anilines is 1. The Bertz CT molecular complexity index is 928. The van der Waals surface area contributed by atoms with Crippen LogP contribution in [0.3, 0.4) is 0 Å². The largest absolute Gasteiger partial charge is 0.382 e. The summed E-state index contributed by atoms with van der Waals surface area (Å²) in [5.41, 5.74) is 1.93. The van der Waals surface area contributed by atoms with Crippen molar-refractivity contribution in [2.75, 3.05) is 18.4 Å². The molecule has 8 heteroatoms. The normalized spacial score (nSPS) is 11.9. The van der Waals surface area contributed by atoms with E-state index in [0.717, 1.165) is 25.7 Å². The minimum Gasteiger partial charge on any atom is -0.382 e. The van der Waals surface area contributed by atoms with Crippen LogP contribution >= 0.6 is 22.7 Å². The van der Waals surface area contributed by atoms with Crippen LogP contribution < -0.4 is 10.0 Å². The van der Waals surface area contributed by atoms with Crippen molar-refractivity contribution in [2.24, 2.45) is 0 Å². The van der Waals surface area contributed by atoms with E-state index < -0.39 is 10.0 Å². The van der Waals surface area contributed by atoms with E-state index >= 15 is 0 Å². The highest BCUT2D eigenvalue weighted by atomic mass is 32.2. The van der Waals surface area contributed by atoms with Gasteiger partial charge in [-0.3, -0.25) is 4.98 Å². The SMILES string of the molecule is Cc1cc(S(=O)(=O)NCCNc2ccnc3ccsc23)c(C)s1. The average molecular weight is 368 g/mol. The van der Waals surface area contributed by atoms with E-state index in [9.17, 15) is 8.42 Å². The number of aryl methyl sites for hydroxylation is 2. The van der Waals surface area contributed by atoms with E-state index in [0.29, 0.717) is 18.0 Å². The molecule has 0 saturated heterocycles. The van der Waals surface area contributed by atoms with Gasteiger partial charge in [-0.25, -0.2) is 13.1 Å². The lowest BCUT2D eigenvalue weighted by Gasteiger charge is -2.09. The Kier molecular flexibility index (Phi) is 4.67. The molecule has 3 heterocycles. The standard InChI is InChI=1S/C15H17N3O2S3/c1-10-9-14(11(2)22-10)23(19,20)18-7-6-17-12-3-5-16-13-4-8-21-15(12)13/h3-5,8-9,18H,6-7H2,1-2H3,(H,16,17). The number of hydrogen-bond donors (Lipinski definition) is 2. The molecule has 0 saturated carbocycles. The summed E-state index contributed by atoms with van der Waals surface area (Å²) in [5.74, 6) is 0. The first-order valence-electron chi connectivity index (χ1n) is 7.10. The Morgan fingerprint density at radius 1 is 1.22 bits per heavy atom. The van der Waals surface area contributed by atoms with E-state index in [1.54, 1.807) is 23.6 Å². The van der Waals surface area contributed by atoms with Crippen LogP contribution in [0.25, 0.3) is 10.2 Å². The topological polar surface area (TPSA) is 71.1 Å². The highest BCUT2D eigenvalue weighted by molar-refractivity contribution is 7.89. The Hall–Kier alpha value is -1.48. The first kappa shape index (κ1) is 16.4. The molecule has 3 aromatic heterocycles. The van der Waals surface area contributed by atoms with Crippen LogP contribution in [0.2, 0.25) is 0 Å². The van der Waals surface area contributed by atoms with Crippen LogP contribution in [-0.4, -0.2) is 26.5 Å². The molecular weight excluding hydrogens is 350 g/mol. The molecule has 0 bridgehead atoms. The summed E-state index contributed by atoms with van der Waals surface area (Å²) in [5, 5.41) is 5.26. The average Bonchev–Trinajstić information content (AvgIpc) is 3.10. The van der Waals surface area contributed by atoms with Gasteiger partial charge in [0.05, 0.1) is 20.8 Å². The summed E-state index contributed by atoms with van der Waals surface area (Å²) >= 11 is 3.11. The third kappa shape index (κ3) is 3.55. The molecule has 5 nitrogen and oxygen atoms in total. The maximum absolute atomic E-state index is 12.3. The van der Waals surface area contributed by atoms with Crippen molar-refractivity contribution < 1.29 is 8.42 Å². The number of thiophene rings is 2. The van der Waals surface area contributed by atoms with E-state index in [1.807, 2.05) is 31.4 Å². The number of fused-ring (bicyclic) bond motifs is 1. The van der Waals surface area contributed by atoms with Gasteiger partial charge in [0.15, 0.2) is 0 Å². The molecule has 23 heavy (non-hydrogen) atoms. The fraction of sp³-hybridized carbons (Fsp3) is 0.267. The fourth-order valence-corrected chi connectivity index (χ4v) is 5.77. The maximum Gasteiger partial charge on any atom is 0.241 e. The van der Waals surface area contributed by atoms with Gasteiger partial charge < -0.3 is 5.32 Å². The number of rotatable bonds is 6. The molecule has 0 aliphatic rings. The molecule has 0 spiro atoms. The van der Waals surface area contributed by atoms with Gasteiger partial charge in [0.1, 0.15) is 0 Å². The van der Waals surface area contributed by atoms with Crippen molar-refractivity contribution in [2.45, 2.75) is 18.7 Å². The minimum atomic E-state index is -3.45. The lowest BCUT2D eigenvalue weighted by molar-refractivity contribution is 0.583. The van der Waals surface area contributed by atoms with Gasteiger partial charge in [0, 0.05) is 29.0 Å². The van der Waals surface area contributed by atoms with Gasteiger partial charge in [-0.2, -0.15) is 0 Å². The molecule has 0 fully saturated rings. The second kappa shape index (κ2) is 6.56. The number of hydrogen-bond acceptors (Lipinski definition) is 6. The Balaban J connectivity index is 1.61. The molecule has 122 valence electrons. The van der Waals surface area contributed by atoms with Crippen molar-refractivity contribution in [3.63, 3.8) is 0 Å². The number of aromatic nitrogens is 1. The first-order valence-corrected chi connectivity index (χ1v) is 10.3. The maximum atomic E-state index is 12.3. The number of sulfonamides is 1. The van der Waals surface area contributed by atoms with Crippen molar-refractivity contribution in [3.05, 3.63) is 39.5 Å². The smallest absolute Gasteiger partial charge is 0.241 e. The van der Waals surface area contributed by atoms with Crippen LogP contribution in [0.15, 0.2) is 34.7 Å². The molecular formula is C15H17N3O2S3. The Morgan fingerprint density at radius 2 is 2.04 bits per heavy atom. The second-order valence-electron chi connectivity index (χ2n) is 5.10. The van der Waals surface area contributed by atoms with Crippen molar-refractivity contribution in [1.29, 1.82) is 0 Å². The number of nitrogens with zero attached hydrogens (tertiary/aromatic N) is 1. The molecule has 2 N–H and O–H groups in total. The lowest BCUT2D eigenvalue weighted by Crippen LogP contribution is -2.29. The summed E-state index contributed by atoms with van der Waals surface area (Å²) in [6.07, 6.45) is 1.75. The van der Waals surface area contributed by atoms with Crippen molar-refractivity contribution in [1.82, 2.24) is 9.71 Å². The van der Waals surface area contributed by atoms with Gasteiger partial charge in [-0.1, -0.05) is 0 Å². The molecule has 0 aliphatic carbocycles. The third-order valence-electron chi connectivity index (χ3n) is 3.36. The third-order valence-corrected chi connectivity index (χ3v) is 6.98. The molecule has 0 atom stereocenters. The number of nitrogens with one attached hydrogen (secondary N) is 2. The van der Waals surface area contributed by atoms with Crippen molar-refractivity contribution in [3.8, 4) is 0 Å². The molecule has 3 aromatic rings. The van der Waals surface area contributed by atoms with E-state index in [4.69, 9.17) is 0 Å². The summed E-state index contributed by atoms with van der Waals surface area (Å²) in [6.45, 7) is 4.58. The Morgan fingerprint density at radius 3 is 2.78 bits per heavy atom. The fourth-order valence-electron chi connectivity index (χ4n) is 2.35. The van der Waals surface area contributed by atoms with Crippen LogP contribution in [0.5, 0.6) is 0 Å². The van der Waals surface area contributed by atoms with E-state index in [2.05, 4.69) is 15.0 Å². The number of pyridine rings is 1. The second-order valence-corrected chi connectivity index (χ2v) is 9.21. The molecule has 0 aliphatic heterocycles. The van der Waals surface area contributed by atoms with Gasteiger partial charge in [0.2, 0.25) is 10.0 Å². The van der Waals surface area contributed by atoms with Crippen LogP contribution in [0.4, 0.5) is 5.69 Å². The summed E-state index contributed by atoms with van der Waals surface area (Å²) in [6, 6.07) is 5.59. The molecule has 0 radical (unpaired) electrons. The van der Waals surface area contributed by atoms with Crippen LogP contribution in [0, 0.1) is 13.8 Å². The molecule has 0 amide bonds. The summed E-state index contributed by atoms with van der Waals surface area (Å²) in [7, 11) is -3.45. The summed E-state index contributed by atoms with van der Waals surface area (Å²) < 4.78 is 28.3. The van der Waals surface area contributed by atoms with Gasteiger partial charge in [-0.05, 0) is 37.4 Å². The summed E-state index contributed by atoms with van der Waals surface area (Å²) in [4.78, 5) is 6.48. The van der Waals surface area contributed by atoms with E-state index in [-0.39, 0.29) is 0 Å². The van der Waals surface area contributed by atoms with Crippen molar-refractivity contribution >= 4 is 48.6 Å². The zero-order valence-corrected chi connectivity index (χ0v) is 15.2. The zero-order valence-electron chi connectivity index (χ0n) is 12.8. The molecule has 0 unspecified atom stereocenters. The molecule has 0 aromatic carbocycles. The van der Waals surface area contributed by atoms with E-state index in [1.165, 1.54) is 11.3 Å². The van der Waals surface area contributed by atoms with Crippen LogP contribution in [-0.2, 0) is 10.0 Å². The van der Waals surface area contributed by atoms with Gasteiger partial charge in [-0.15, -0.1) is 22.7 Å². The first-order chi connectivity index (χ1) is 11.0. The predicted octanol–water partition coefficient (Wildman–Crippen LogP) is 3.37. The van der Waals surface area contributed by atoms with Gasteiger partial charge in [0.25, 0.3) is 0 Å². The highest BCUT2D eigenvalue weighted by Crippen LogP contribution is 2.27. The monoisotopic (exact) mass is 367 g/mol. The lowest BCUT2D eigenvalue weighted by atomic mass is 10.3. The predicted molar refractivity (Wildman–Crippen MR) is 97.1 cm³/mol. The minimum absolute atomic E-state index is 0.325.